The number of halogens is 2. The Morgan fingerprint density at radius 2 is 0.778 bits per heavy atom. The van der Waals surface area contributed by atoms with E-state index < -0.39 is 14.8 Å². The van der Waals surface area contributed by atoms with Gasteiger partial charge < -0.3 is 0 Å². The smallest absolute Gasteiger partial charge is 0.153 e. The van der Waals surface area contributed by atoms with Crippen molar-refractivity contribution in [3.8, 4) is 0 Å². The zero-order valence-electron chi connectivity index (χ0n) is 19.2. The van der Waals surface area contributed by atoms with Crippen LogP contribution in [0.4, 0.5) is 0 Å². The van der Waals surface area contributed by atoms with E-state index in [2.05, 4.69) is 26.6 Å². The van der Waals surface area contributed by atoms with Gasteiger partial charge in [-0.3, -0.25) is 0 Å². The molecule has 0 saturated heterocycles. The Morgan fingerprint density at radius 1 is 0.444 bits per heavy atom. The molecule has 0 aliphatic heterocycles. The Morgan fingerprint density at radius 3 is 1.11 bits per heavy atom. The Kier molecular flexibility index (Phi) is 18.5. The van der Waals surface area contributed by atoms with Gasteiger partial charge in [-0.15, -0.1) is 0 Å². The minimum Gasteiger partial charge on any atom is -0.168 e. The van der Waals surface area contributed by atoms with Gasteiger partial charge in [-0.05, 0) is 18.1 Å². The molecule has 0 saturated carbocycles. The van der Waals surface area contributed by atoms with Crippen LogP contribution in [0.3, 0.4) is 0 Å². The van der Waals surface area contributed by atoms with Crippen molar-refractivity contribution in [3.05, 3.63) is 0 Å². The highest BCUT2D eigenvalue weighted by atomic mass is 35.6. The lowest BCUT2D eigenvalue weighted by atomic mass is 10.0. The highest BCUT2D eigenvalue weighted by molar-refractivity contribution is 7.22. The predicted octanol–water partition coefficient (Wildman–Crippen LogP) is 10.5. The van der Waals surface area contributed by atoms with Crippen LogP contribution in [0.5, 0.6) is 0 Å². The van der Waals surface area contributed by atoms with Crippen molar-refractivity contribution in [1.29, 1.82) is 0 Å². The normalized spacial score (nSPS) is 14.4. The summed E-state index contributed by atoms with van der Waals surface area (Å²) in [4.78, 5) is 0. The van der Waals surface area contributed by atoms with Gasteiger partial charge in [-0.2, -0.15) is 22.2 Å². The molecule has 0 N–H and O–H groups in total. The van der Waals surface area contributed by atoms with Crippen LogP contribution >= 0.6 is 22.2 Å². The van der Waals surface area contributed by atoms with E-state index >= 15 is 0 Å². The molecule has 4 heteroatoms. The zero-order chi connectivity index (χ0) is 20.4. The first kappa shape index (κ1) is 28.0. The van der Waals surface area contributed by atoms with Gasteiger partial charge in [0.2, 0.25) is 0 Å². The van der Waals surface area contributed by atoms with Gasteiger partial charge in [0, 0.05) is 0 Å². The fourth-order valence-electron chi connectivity index (χ4n) is 3.72. The summed E-state index contributed by atoms with van der Waals surface area (Å²) in [6, 6.07) is 3.70. The van der Waals surface area contributed by atoms with Crippen LogP contribution in [0, 0.1) is 0 Å². The maximum absolute atomic E-state index is 6.81. The lowest BCUT2D eigenvalue weighted by Gasteiger charge is -2.22. The summed E-state index contributed by atoms with van der Waals surface area (Å²) in [6.07, 6.45) is 23.0. The Bertz CT molecular complexity index is 314. The summed E-state index contributed by atoms with van der Waals surface area (Å²) in [5.41, 5.74) is 0. The molecule has 0 aromatic rings. The van der Waals surface area contributed by atoms with Crippen molar-refractivity contribution in [1.82, 2.24) is 0 Å². The van der Waals surface area contributed by atoms with Crippen LogP contribution < -0.4 is 0 Å². The quantitative estimate of drug-likeness (QED) is 0.0976. The predicted molar refractivity (Wildman–Crippen MR) is 135 cm³/mol. The first-order valence-corrected chi connectivity index (χ1v) is 20.3. The van der Waals surface area contributed by atoms with Crippen molar-refractivity contribution < 1.29 is 0 Å². The second kappa shape index (κ2) is 17.8. The fourth-order valence-corrected chi connectivity index (χ4v) is 11.5. The average Bonchev–Trinajstić information content (AvgIpc) is 2.59. The maximum Gasteiger partial charge on any atom is 0.153 e. The summed E-state index contributed by atoms with van der Waals surface area (Å²) >= 11 is 13.3. The van der Waals surface area contributed by atoms with Crippen LogP contribution in [0.15, 0.2) is 0 Å². The summed E-state index contributed by atoms with van der Waals surface area (Å²) in [7, 11) is -2.93. The monoisotopic (exact) mass is 452 g/mol. The highest BCUT2D eigenvalue weighted by Gasteiger charge is 2.28. The average molecular weight is 454 g/mol. The second-order valence-electron chi connectivity index (χ2n) is 9.69. The summed E-state index contributed by atoms with van der Waals surface area (Å²) in [5, 5.41) is 0. The molecule has 0 spiro atoms. The highest BCUT2D eigenvalue weighted by Crippen LogP contribution is 2.30. The Balaban J connectivity index is 3.27. The lowest BCUT2D eigenvalue weighted by molar-refractivity contribution is 0.531. The van der Waals surface area contributed by atoms with E-state index in [9.17, 15) is 0 Å². The van der Waals surface area contributed by atoms with Gasteiger partial charge >= 0.3 is 0 Å². The van der Waals surface area contributed by atoms with Gasteiger partial charge in [0.15, 0.2) is 7.38 Å². The number of hydrogen-bond acceptors (Lipinski definition) is 0. The SMILES string of the molecule is CCCCCCCCCCCCCCCCCC[Si](C)(Cl)CC[Si](C)(C)Cl. The molecule has 0 aromatic heterocycles. The van der Waals surface area contributed by atoms with Gasteiger partial charge in [-0.25, -0.2) is 0 Å². The Labute approximate surface area is 184 Å². The molecule has 0 amide bonds. The number of rotatable bonds is 20. The third kappa shape index (κ3) is 23.2. The van der Waals surface area contributed by atoms with Crippen LogP contribution in [0.25, 0.3) is 0 Å². The van der Waals surface area contributed by atoms with Crippen LogP contribution in [0.2, 0.25) is 37.8 Å². The van der Waals surface area contributed by atoms with Crippen LogP contribution in [-0.4, -0.2) is 14.8 Å². The van der Waals surface area contributed by atoms with E-state index in [4.69, 9.17) is 22.2 Å². The number of hydrogen-bond donors (Lipinski definition) is 0. The molecule has 1 atom stereocenters. The largest absolute Gasteiger partial charge is 0.168 e. The molecule has 0 heterocycles. The molecule has 0 aliphatic rings. The molecule has 0 fully saturated rings. The third-order valence-corrected chi connectivity index (χ3v) is 12.1. The minimum absolute atomic E-state index is 1.19. The van der Waals surface area contributed by atoms with Crippen molar-refractivity contribution in [3.63, 3.8) is 0 Å². The first-order valence-electron chi connectivity index (χ1n) is 12.1. The fraction of sp³-hybridized carbons (Fsp3) is 1.00. The zero-order valence-corrected chi connectivity index (χ0v) is 22.7. The molecule has 0 aromatic carbocycles. The standard InChI is InChI=1S/C23H50Cl2Si2/c1-5-6-7-8-9-10-11-12-13-14-15-16-17-18-19-20-21-27(4,25)23-22-26(2,3)24/h5-23H2,1-4H3. The first-order chi connectivity index (χ1) is 12.8. The molecule has 164 valence electrons. The van der Waals surface area contributed by atoms with E-state index in [-0.39, 0.29) is 0 Å². The van der Waals surface area contributed by atoms with E-state index in [0.29, 0.717) is 0 Å². The minimum atomic E-state index is -1.50. The van der Waals surface area contributed by atoms with E-state index in [1.54, 1.807) is 0 Å². The Hall–Kier alpha value is 1.01. The van der Waals surface area contributed by atoms with Gasteiger partial charge in [0.05, 0.1) is 0 Å². The second-order valence-corrected chi connectivity index (χ2v) is 23.3. The van der Waals surface area contributed by atoms with Gasteiger partial charge in [0.25, 0.3) is 0 Å². The molecule has 0 aliphatic carbocycles. The molecule has 0 nitrogen and oxygen atoms in total. The van der Waals surface area contributed by atoms with Crippen molar-refractivity contribution in [2.24, 2.45) is 0 Å². The third-order valence-electron chi connectivity index (χ3n) is 5.79. The molecular weight excluding hydrogens is 403 g/mol. The summed E-state index contributed by atoms with van der Waals surface area (Å²) in [5.74, 6) is 0. The van der Waals surface area contributed by atoms with Crippen molar-refractivity contribution in [2.45, 2.75) is 147 Å². The van der Waals surface area contributed by atoms with Gasteiger partial charge in [-0.1, -0.05) is 129 Å². The molecule has 0 bridgehead atoms. The van der Waals surface area contributed by atoms with Crippen LogP contribution in [0.1, 0.15) is 110 Å². The summed E-state index contributed by atoms with van der Waals surface area (Å²) < 4.78 is 0. The van der Waals surface area contributed by atoms with E-state index in [0.717, 1.165) is 0 Å². The molecule has 1 unspecified atom stereocenters. The maximum atomic E-state index is 6.81. The molecular formula is C23H50Cl2Si2. The van der Waals surface area contributed by atoms with Crippen LogP contribution in [-0.2, 0) is 0 Å². The molecule has 0 radical (unpaired) electrons. The molecule has 27 heavy (non-hydrogen) atoms. The molecule has 0 rings (SSSR count). The lowest BCUT2D eigenvalue weighted by Crippen LogP contribution is -2.26. The number of unbranched alkanes of at least 4 members (excludes halogenated alkanes) is 15. The van der Waals surface area contributed by atoms with Crippen molar-refractivity contribution in [2.75, 3.05) is 0 Å². The van der Waals surface area contributed by atoms with Gasteiger partial charge in [0.1, 0.15) is 7.38 Å². The van der Waals surface area contributed by atoms with E-state index in [1.807, 2.05) is 0 Å². The van der Waals surface area contributed by atoms with Crippen molar-refractivity contribution >= 4 is 36.9 Å². The van der Waals surface area contributed by atoms with E-state index in [1.165, 1.54) is 121 Å². The topological polar surface area (TPSA) is 0 Å². The summed E-state index contributed by atoms with van der Waals surface area (Å²) in [6.45, 7) is 9.12.